The maximum Gasteiger partial charge on any atom is 0.356 e. The normalized spacial score (nSPS) is 23.8. The zero-order chi connectivity index (χ0) is 13.1. The van der Waals surface area contributed by atoms with Crippen molar-refractivity contribution >= 4 is 11.9 Å². The third-order valence-electron chi connectivity index (χ3n) is 2.74. The summed E-state index contributed by atoms with van der Waals surface area (Å²) in [5, 5.41) is 0. The molecule has 0 spiro atoms. The third kappa shape index (κ3) is 2.76. The molecule has 2 unspecified atom stereocenters. The molecule has 1 aromatic heterocycles. The van der Waals surface area contributed by atoms with Gasteiger partial charge >= 0.3 is 5.97 Å². The van der Waals surface area contributed by atoms with Crippen LogP contribution in [0.1, 0.15) is 24.3 Å². The molecule has 0 N–H and O–H groups in total. The predicted molar refractivity (Wildman–Crippen MR) is 65.6 cm³/mol. The Morgan fingerprint density at radius 3 is 2.72 bits per heavy atom. The van der Waals surface area contributed by atoms with Crippen molar-refractivity contribution in [1.82, 2.24) is 9.97 Å². The number of methoxy groups -OCH3 is 1. The molecule has 6 nitrogen and oxygen atoms in total. The molecule has 0 amide bonds. The average Bonchev–Trinajstić information content (AvgIpc) is 2.37. The van der Waals surface area contributed by atoms with E-state index in [-0.39, 0.29) is 17.9 Å². The van der Waals surface area contributed by atoms with Crippen molar-refractivity contribution in [2.45, 2.75) is 26.1 Å². The van der Waals surface area contributed by atoms with E-state index < -0.39 is 5.97 Å². The fourth-order valence-electron chi connectivity index (χ4n) is 2.06. The number of esters is 1. The molecular weight excluding hydrogens is 234 g/mol. The van der Waals surface area contributed by atoms with Gasteiger partial charge in [-0.25, -0.2) is 14.8 Å². The predicted octanol–water partition coefficient (Wildman–Crippen LogP) is 0.877. The van der Waals surface area contributed by atoms with Gasteiger partial charge in [0.05, 0.1) is 19.3 Å². The first kappa shape index (κ1) is 12.8. The Kier molecular flexibility index (Phi) is 3.76. The van der Waals surface area contributed by atoms with Gasteiger partial charge in [-0.3, -0.25) is 0 Å². The summed E-state index contributed by atoms with van der Waals surface area (Å²) >= 11 is 0. The van der Waals surface area contributed by atoms with Crippen molar-refractivity contribution in [2.75, 3.05) is 25.1 Å². The molecular formula is C12H17N3O3. The molecule has 2 atom stereocenters. The number of nitrogens with zero attached hydrogens (tertiary/aromatic N) is 3. The third-order valence-corrected chi connectivity index (χ3v) is 2.74. The molecule has 0 aliphatic carbocycles. The molecule has 0 saturated carbocycles. The van der Waals surface area contributed by atoms with Crippen LogP contribution >= 0.6 is 0 Å². The van der Waals surface area contributed by atoms with Crippen molar-refractivity contribution in [2.24, 2.45) is 0 Å². The lowest BCUT2D eigenvalue weighted by atomic mass is 10.2. The number of ether oxygens (including phenoxy) is 2. The van der Waals surface area contributed by atoms with Gasteiger partial charge in [0.1, 0.15) is 0 Å². The van der Waals surface area contributed by atoms with Gasteiger partial charge in [-0.15, -0.1) is 0 Å². The summed E-state index contributed by atoms with van der Waals surface area (Å²) in [7, 11) is 1.34. The van der Waals surface area contributed by atoms with E-state index in [9.17, 15) is 4.79 Å². The molecule has 1 aliphatic rings. The number of hydrogen-bond donors (Lipinski definition) is 0. The van der Waals surface area contributed by atoms with Crippen molar-refractivity contribution in [3.8, 4) is 0 Å². The average molecular weight is 251 g/mol. The Balaban J connectivity index is 2.20. The highest BCUT2D eigenvalue weighted by atomic mass is 16.5. The standard InChI is InChI=1S/C12H17N3O3/c1-8-6-15(7-9(2)18-8)12-13-5-4-10(14-12)11(16)17-3/h4-5,8-9H,6-7H2,1-3H3. The van der Waals surface area contributed by atoms with E-state index in [1.807, 2.05) is 18.7 Å². The van der Waals surface area contributed by atoms with Gasteiger partial charge in [-0.2, -0.15) is 0 Å². The van der Waals surface area contributed by atoms with Crippen LogP contribution in [0.2, 0.25) is 0 Å². The molecule has 6 heteroatoms. The molecule has 2 rings (SSSR count). The van der Waals surface area contributed by atoms with Gasteiger partial charge in [0.15, 0.2) is 5.69 Å². The first-order valence-electron chi connectivity index (χ1n) is 5.92. The molecule has 1 fully saturated rings. The number of carbonyl (C=O) groups is 1. The zero-order valence-corrected chi connectivity index (χ0v) is 10.8. The lowest BCUT2D eigenvalue weighted by Crippen LogP contribution is -2.46. The Labute approximate surface area is 106 Å². The molecule has 18 heavy (non-hydrogen) atoms. The fraction of sp³-hybridized carbons (Fsp3) is 0.583. The molecule has 1 aromatic rings. The van der Waals surface area contributed by atoms with Gasteiger partial charge in [-0.05, 0) is 19.9 Å². The van der Waals surface area contributed by atoms with Crippen molar-refractivity contribution in [3.63, 3.8) is 0 Å². The Bertz CT molecular complexity index is 428. The second kappa shape index (κ2) is 5.30. The number of rotatable bonds is 2. The quantitative estimate of drug-likeness (QED) is 0.727. The Morgan fingerprint density at radius 1 is 1.44 bits per heavy atom. The summed E-state index contributed by atoms with van der Waals surface area (Å²) in [5.74, 6) is 0.0907. The van der Waals surface area contributed by atoms with Crippen LogP contribution in [0.4, 0.5) is 5.95 Å². The largest absolute Gasteiger partial charge is 0.464 e. The van der Waals surface area contributed by atoms with Crippen LogP contribution in [0.3, 0.4) is 0 Å². The van der Waals surface area contributed by atoms with Gasteiger partial charge in [0.25, 0.3) is 0 Å². The van der Waals surface area contributed by atoms with E-state index in [1.165, 1.54) is 7.11 Å². The highest BCUT2D eigenvalue weighted by Gasteiger charge is 2.24. The van der Waals surface area contributed by atoms with Crippen molar-refractivity contribution in [1.29, 1.82) is 0 Å². The second-order valence-corrected chi connectivity index (χ2v) is 4.40. The number of carbonyl (C=O) groups excluding carboxylic acids is 1. The van der Waals surface area contributed by atoms with Crippen LogP contribution in [0, 0.1) is 0 Å². The maximum atomic E-state index is 11.4. The highest BCUT2D eigenvalue weighted by Crippen LogP contribution is 2.16. The van der Waals surface area contributed by atoms with Crippen LogP contribution in [-0.2, 0) is 9.47 Å². The second-order valence-electron chi connectivity index (χ2n) is 4.40. The molecule has 0 aromatic carbocycles. The number of hydrogen-bond acceptors (Lipinski definition) is 6. The van der Waals surface area contributed by atoms with E-state index in [0.717, 1.165) is 13.1 Å². The first-order valence-corrected chi connectivity index (χ1v) is 5.92. The van der Waals surface area contributed by atoms with E-state index in [2.05, 4.69) is 14.7 Å². The minimum Gasteiger partial charge on any atom is -0.464 e. The SMILES string of the molecule is COC(=O)c1ccnc(N2CC(C)OC(C)C2)n1. The summed E-state index contributed by atoms with van der Waals surface area (Å²) in [6.45, 7) is 5.45. The van der Waals surface area contributed by atoms with Gasteiger partial charge in [0, 0.05) is 19.3 Å². The molecule has 2 heterocycles. The molecule has 1 aliphatic heterocycles. The summed E-state index contributed by atoms with van der Waals surface area (Å²) in [5.41, 5.74) is 0.272. The maximum absolute atomic E-state index is 11.4. The van der Waals surface area contributed by atoms with Crippen LogP contribution in [0.25, 0.3) is 0 Å². The lowest BCUT2D eigenvalue weighted by Gasteiger charge is -2.35. The minimum absolute atomic E-state index is 0.124. The summed E-state index contributed by atoms with van der Waals surface area (Å²) < 4.78 is 10.3. The number of aromatic nitrogens is 2. The number of anilines is 1. The summed E-state index contributed by atoms with van der Waals surface area (Å²) in [6, 6.07) is 1.54. The van der Waals surface area contributed by atoms with Crippen LogP contribution in [0.5, 0.6) is 0 Å². The van der Waals surface area contributed by atoms with E-state index >= 15 is 0 Å². The lowest BCUT2D eigenvalue weighted by molar-refractivity contribution is -0.00572. The van der Waals surface area contributed by atoms with E-state index in [4.69, 9.17) is 4.74 Å². The Morgan fingerprint density at radius 2 is 2.11 bits per heavy atom. The highest BCUT2D eigenvalue weighted by molar-refractivity contribution is 5.87. The molecule has 98 valence electrons. The zero-order valence-electron chi connectivity index (χ0n) is 10.8. The molecule has 0 bridgehead atoms. The van der Waals surface area contributed by atoms with Gasteiger partial charge < -0.3 is 14.4 Å². The van der Waals surface area contributed by atoms with E-state index in [0.29, 0.717) is 5.95 Å². The fourth-order valence-corrected chi connectivity index (χ4v) is 2.06. The van der Waals surface area contributed by atoms with Crippen molar-refractivity contribution in [3.05, 3.63) is 18.0 Å². The number of morpholine rings is 1. The monoisotopic (exact) mass is 251 g/mol. The van der Waals surface area contributed by atoms with Crippen LogP contribution in [0.15, 0.2) is 12.3 Å². The molecule has 1 saturated heterocycles. The summed E-state index contributed by atoms with van der Waals surface area (Å²) in [4.78, 5) is 21.9. The first-order chi connectivity index (χ1) is 8.60. The van der Waals surface area contributed by atoms with Gasteiger partial charge in [0.2, 0.25) is 5.95 Å². The molecule has 0 radical (unpaired) electrons. The van der Waals surface area contributed by atoms with Crippen LogP contribution < -0.4 is 4.90 Å². The summed E-state index contributed by atoms with van der Waals surface area (Å²) in [6.07, 6.45) is 1.82. The van der Waals surface area contributed by atoms with Crippen LogP contribution in [-0.4, -0.2) is 48.3 Å². The van der Waals surface area contributed by atoms with Gasteiger partial charge in [-0.1, -0.05) is 0 Å². The topological polar surface area (TPSA) is 64.5 Å². The van der Waals surface area contributed by atoms with E-state index in [1.54, 1.807) is 12.3 Å². The van der Waals surface area contributed by atoms with Crippen molar-refractivity contribution < 1.29 is 14.3 Å². The Hall–Kier alpha value is -1.69. The minimum atomic E-state index is -0.451. The smallest absolute Gasteiger partial charge is 0.356 e.